The summed E-state index contributed by atoms with van der Waals surface area (Å²) in [6.45, 7) is 0. The molecule has 0 fully saturated rings. The fourth-order valence-electron chi connectivity index (χ4n) is 0.670. The first-order valence-electron chi connectivity index (χ1n) is 3.53. The first kappa shape index (κ1) is 9.17. The van der Waals surface area contributed by atoms with Crippen LogP contribution < -0.4 is 5.73 Å². The second-order valence-electron chi connectivity index (χ2n) is 2.53. The van der Waals surface area contributed by atoms with E-state index in [0.29, 0.717) is 0 Å². The maximum atomic E-state index is 10.8. The Bertz CT molecular complexity index is 328. The number of rotatable bonds is 3. The monoisotopic (exact) mass is 182 g/mol. The molecule has 0 spiro atoms. The summed E-state index contributed by atoms with van der Waals surface area (Å²) in [6.07, 6.45) is 1.31. The molecule has 0 aliphatic rings. The molecule has 7 nitrogen and oxygen atoms in total. The second-order valence-corrected chi connectivity index (χ2v) is 2.53. The summed E-state index contributed by atoms with van der Waals surface area (Å²) in [5, 5.41) is 15.0. The summed E-state index contributed by atoms with van der Waals surface area (Å²) in [6, 6.07) is 0. The molecule has 1 heterocycles. The van der Waals surface area contributed by atoms with Crippen molar-refractivity contribution in [3.05, 3.63) is 11.8 Å². The zero-order valence-corrected chi connectivity index (χ0v) is 7.35. The van der Waals surface area contributed by atoms with Gasteiger partial charge >= 0.3 is 0 Å². The highest BCUT2D eigenvalue weighted by Crippen LogP contribution is 2.13. The molecule has 1 aromatic rings. The Balaban J connectivity index is 2.88. The molecule has 1 amide bonds. The lowest BCUT2D eigenvalue weighted by Crippen LogP contribution is -2.10. The highest BCUT2D eigenvalue weighted by molar-refractivity contribution is 5.96. The van der Waals surface area contributed by atoms with Crippen LogP contribution in [0.25, 0.3) is 0 Å². The topological polar surface area (TPSA) is 99.7 Å². The van der Waals surface area contributed by atoms with Gasteiger partial charge in [-0.3, -0.25) is 14.9 Å². The van der Waals surface area contributed by atoms with Crippen LogP contribution in [0.1, 0.15) is 10.4 Å². The number of carbonyl (C=O) groups is 1. The first-order valence-corrected chi connectivity index (χ1v) is 3.53. The van der Waals surface area contributed by atoms with Crippen LogP contribution in [0.5, 0.6) is 0 Å². The predicted octanol–water partition coefficient (Wildman–Crippen LogP) is 0.0689. The largest absolute Gasteiger partial charge is 0.365 e. The van der Waals surface area contributed by atoms with Crippen LogP contribution in [-0.2, 0) is 0 Å². The van der Waals surface area contributed by atoms with Crippen molar-refractivity contribution in [1.29, 1.82) is 0 Å². The molecule has 0 atom stereocenters. The van der Waals surface area contributed by atoms with Gasteiger partial charge < -0.3 is 5.73 Å². The van der Waals surface area contributed by atoms with Crippen LogP contribution in [0.3, 0.4) is 0 Å². The van der Waals surface area contributed by atoms with Crippen molar-refractivity contribution in [1.82, 2.24) is 15.2 Å². The Morgan fingerprint density at radius 3 is 2.92 bits per heavy atom. The fraction of sp³-hybridized carbons (Fsp3) is 0.333. The molecule has 0 saturated heterocycles. The summed E-state index contributed by atoms with van der Waals surface area (Å²) < 4.78 is 0. The van der Waals surface area contributed by atoms with Crippen molar-refractivity contribution >= 4 is 11.7 Å². The van der Waals surface area contributed by atoms with Gasteiger partial charge in [-0.2, -0.15) is 5.10 Å². The number of hydrogen-bond donors (Lipinski definition) is 2. The summed E-state index contributed by atoms with van der Waals surface area (Å²) in [7, 11) is 3.42. The van der Waals surface area contributed by atoms with Crippen LogP contribution in [0.4, 0.5) is 5.82 Å². The molecule has 0 unspecified atom stereocenters. The van der Waals surface area contributed by atoms with Gasteiger partial charge in [0.15, 0.2) is 5.82 Å². The van der Waals surface area contributed by atoms with Crippen molar-refractivity contribution in [3.63, 3.8) is 0 Å². The van der Waals surface area contributed by atoms with Gasteiger partial charge in [0.25, 0.3) is 5.91 Å². The number of H-pyrrole nitrogens is 1. The predicted molar refractivity (Wildman–Crippen MR) is 45.3 cm³/mol. The molecule has 7 heteroatoms. The van der Waals surface area contributed by atoms with Gasteiger partial charge in [-0.1, -0.05) is 5.22 Å². The van der Waals surface area contributed by atoms with Gasteiger partial charge in [-0.25, -0.2) is 0 Å². The van der Waals surface area contributed by atoms with E-state index in [4.69, 9.17) is 5.73 Å². The Morgan fingerprint density at radius 2 is 2.38 bits per heavy atom. The Morgan fingerprint density at radius 1 is 1.69 bits per heavy atom. The van der Waals surface area contributed by atoms with Gasteiger partial charge in [-0.15, -0.1) is 5.11 Å². The smallest absolute Gasteiger partial charge is 0.254 e. The number of nitrogens with one attached hydrogen (secondary N) is 1. The minimum absolute atomic E-state index is 0.227. The number of hydrogen-bond acceptors (Lipinski definition) is 4. The normalized spacial score (nSPS) is 10.6. The van der Waals surface area contributed by atoms with Gasteiger partial charge in [-0.05, 0) is 0 Å². The molecule has 0 aromatic carbocycles. The number of amides is 1. The van der Waals surface area contributed by atoms with Crippen molar-refractivity contribution in [2.75, 3.05) is 14.1 Å². The average molecular weight is 182 g/mol. The summed E-state index contributed by atoms with van der Waals surface area (Å²) >= 11 is 0. The molecule has 0 saturated carbocycles. The Labute approximate surface area is 74.6 Å². The Hall–Kier alpha value is -1.92. The third-order valence-electron chi connectivity index (χ3n) is 1.21. The molecule has 0 bridgehead atoms. The molecule has 1 rings (SSSR count). The number of carbonyl (C=O) groups excluding carboxylic acids is 1. The van der Waals surface area contributed by atoms with Crippen molar-refractivity contribution in [2.24, 2.45) is 16.1 Å². The molecule has 1 aromatic heterocycles. The summed E-state index contributed by atoms with van der Waals surface area (Å²) in [4.78, 5) is 10.8. The van der Waals surface area contributed by atoms with Crippen molar-refractivity contribution in [3.8, 4) is 0 Å². The maximum Gasteiger partial charge on any atom is 0.254 e. The van der Waals surface area contributed by atoms with Crippen LogP contribution in [0.15, 0.2) is 16.5 Å². The molecule has 0 aliphatic heterocycles. The molecular weight excluding hydrogens is 172 g/mol. The molecule has 13 heavy (non-hydrogen) atoms. The molecule has 70 valence electrons. The molecule has 0 radical (unpaired) electrons. The van der Waals surface area contributed by atoms with Gasteiger partial charge in [0, 0.05) is 14.1 Å². The minimum atomic E-state index is -0.582. The maximum absolute atomic E-state index is 10.8. The average Bonchev–Trinajstić information content (AvgIpc) is 2.47. The number of aromatic nitrogens is 2. The molecule has 3 N–H and O–H groups in total. The van der Waals surface area contributed by atoms with E-state index < -0.39 is 5.91 Å². The van der Waals surface area contributed by atoms with E-state index in [1.807, 2.05) is 0 Å². The van der Waals surface area contributed by atoms with Gasteiger partial charge in [0.1, 0.15) is 5.56 Å². The highest BCUT2D eigenvalue weighted by atomic mass is 16.1. The van der Waals surface area contributed by atoms with Crippen molar-refractivity contribution < 1.29 is 4.79 Å². The summed E-state index contributed by atoms with van der Waals surface area (Å²) in [5.74, 6) is -0.317. The summed E-state index contributed by atoms with van der Waals surface area (Å²) in [5.41, 5.74) is 5.28. The van der Waals surface area contributed by atoms with E-state index in [0.717, 1.165) is 0 Å². The zero-order chi connectivity index (χ0) is 9.84. The van der Waals surface area contributed by atoms with Gasteiger partial charge in [0.05, 0.1) is 6.20 Å². The number of aromatic amines is 1. The lowest BCUT2D eigenvalue weighted by Gasteiger charge is -1.99. The third-order valence-corrected chi connectivity index (χ3v) is 1.21. The van der Waals surface area contributed by atoms with Gasteiger partial charge in [0.2, 0.25) is 0 Å². The van der Waals surface area contributed by atoms with E-state index in [-0.39, 0.29) is 11.4 Å². The highest BCUT2D eigenvalue weighted by Gasteiger charge is 2.09. The number of primary amides is 1. The van der Waals surface area contributed by atoms with E-state index in [2.05, 4.69) is 20.5 Å². The minimum Gasteiger partial charge on any atom is -0.365 e. The molecule has 0 aliphatic carbocycles. The number of nitrogens with zero attached hydrogens (tertiary/aromatic N) is 4. The van der Waals surface area contributed by atoms with E-state index in [9.17, 15) is 4.79 Å². The van der Waals surface area contributed by atoms with Crippen LogP contribution in [0.2, 0.25) is 0 Å². The molecular formula is C6H10N6O. The Kier molecular flexibility index (Phi) is 2.58. The standard InChI is InChI=1S/C6H10N6O/c1-12(2)11-10-6-4(5(7)13)3-8-9-6/h3H,1-2H3,(H2,7,13)(H,8,9)/b11-10+. The SMILES string of the molecule is CN(C)/N=N/c1[nH]ncc1C(N)=O. The lowest BCUT2D eigenvalue weighted by atomic mass is 10.3. The zero-order valence-electron chi connectivity index (χ0n) is 7.35. The second kappa shape index (κ2) is 3.65. The van der Waals surface area contributed by atoms with Crippen molar-refractivity contribution in [2.45, 2.75) is 0 Å². The fourth-order valence-corrected chi connectivity index (χ4v) is 0.670. The van der Waals surface area contributed by atoms with Crippen LogP contribution >= 0.6 is 0 Å². The number of nitrogens with two attached hydrogens (primary N) is 1. The van der Waals surface area contributed by atoms with Crippen LogP contribution in [0, 0.1) is 0 Å². The lowest BCUT2D eigenvalue weighted by molar-refractivity contribution is 0.100. The quantitative estimate of drug-likeness (QED) is 0.511. The van der Waals surface area contributed by atoms with E-state index >= 15 is 0 Å². The van der Waals surface area contributed by atoms with Crippen LogP contribution in [-0.4, -0.2) is 35.2 Å². The first-order chi connectivity index (χ1) is 6.11. The third kappa shape index (κ3) is 2.26. The van der Waals surface area contributed by atoms with E-state index in [1.165, 1.54) is 11.2 Å². The van der Waals surface area contributed by atoms with E-state index in [1.54, 1.807) is 14.1 Å².